The number of aryl methyl sites for hydroxylation is 1. The molecule has 1 amide bonds. The second-order valence-corrected chi connectivity index (χ2v) is 7.57. The molecule has 2 aromatic heterocycles. The van der Waals surface area contributed by atoms with Crippen LogP contribution in [0.1, 0.15) is 46.7 Å². The van der Waals surface area contributed by atoms with E-state index in [1.165, 1.54) is 16.0 Å². The first kappa shape index (κ1) is 18.8. The highest BCUT2D eigenvalue weighted by Gasteiger charge is 2.29. The molecule has 1 aliphatic rings. The van der Waals surface area contributed by atoms with Crippen molar-refractivity contribution in [2.75, 3.05) is 26.8 Å². The van der Waals surface area contributed by atoms with Crippen molar-refractivity contribution in [3.8, 4) is 0 Å². The number of carbonyl (C=O) groups excluding carboxylic acids is 1. The Bertz CT molecular complexity index is 815. The molecule has 0 unspecified atom stereocenters. The molecule has 0 spiro atoms. The first-order chi connectivity index (χ1) is 12.5. The predicted molar refractivity (Wildman–Crippen MR) is 101 cm³/mol. The van der Waals surface area contributed by atoms with E-state index in [1.807, 2.05) is 30.2 Å². The molecule has 0 aliphatic carbocycles. The molecule has 8 heteroatoms. The fraction of sp³-hybridized carbons (Fsp3) is 0.611. The molecular weight excluding hydrogens is 352 g/mol. The van der Waals surface area contributed by atoms with E-state index in [2.05, 4.69) is 5.10 Å². The Hall–Kier alpha value is -1.93. The zero-order valence-electron chi connectivity index (χ0n) is 15.6. The first-order valence-electron chi connectivity index (χ1n) is 9.06. The van der Waals surface area contributed by atoms with Crippen molar-refractivity contribution in [3.05, 3.63) is 38.2 Å². The molecule has 142 valence electrons. The zero-order chi connectivity index (χ0) is 18.7. The number of likely N-dealkylation sites (tertiary alicyclic amines) is 1. The van der Waals surface area contributed by atoms with Crippen LogP contribution in [0.3, 0.4) is 0 Å². The van der Waals surface area contributed by atoms with E-state index in [0.717, 1.165) is 29.1 Å². The minimum atomic E-state index is -0.0767. The first-order valence-corrected chi connectivity index (χ1v) is 9.94. The van der Waals surface area contributed by atoms with E-state index in [9.17, 15) is 9.59 Å². The van der Waals surface area contributed by atoms with Gasteiger partial charge in [0.25, 0.3) is 5.91 Å². The fourth-order valence-corrected chi connectivity index (χ4v) is 4.29. The third-order valence-corrected chi connectivity index (χ3v) is 5.90. The van der Waals surface area contributed by atoms with Crippen molar-refractivity contribution in [3.63, 3.8) is 0 Å². The van der Waals surface area contributed by atoms with E-state index in [1.54, 1.807) is 11.7 Å². The Labute approximate surface area is 157 Å². The molecule has 0 bridgehead atoms. The van der Waals surface area contributed by atoms with E-state index in [4.69, 9.17) is 4.74 Å². The summed E-state index contributed by atoms with van der Waals surface area (Å²) in [6.07, 6.45) is 1.66. The van der Waals surface area contributed by atoms with Gasteiger partial charge in [0.1, 0.15) is 5.82 Å². The molecule has 3 rings (SSSR count). The number of carbonyl (C=O) groups is 1. The molecule has 3 heterocycles. The number of rotatable bonds is 6. The van der Waals surface area contributed by atoms with Gasteiger partial charge in [0, 0.05) is 32.7 Å². The summed E-state index contributed by atoms with van der Waals surface area (Å²) in [5.41, 5.74) is 1.05. The molecule has 1 aliphatic heterocycles. The van der Waals surface area contributed by atoms with E-state index < -0.39 is 0 Å². The molecular formula is C18H26N4O3S. The highest BCUT2D eigenvalue weighted by Crippen LogP contribution is 2.28. The Morgan fingerprint density at radius 3 is 2.69 bits per heavy atom. The molecule has 0 radical (unpaired) electrons. The Balaban J connectivity index is 1.69. The lowest BCUT2D eigenvalue weighted by molar-refractivity contribution is 0.0715. The molecule has 0 atom stereocenters. The van der Waals surface area contributed by atoms with Crippen molar-refractivity contribution in [2.45, 2.75) is 45.7 Å². The lowest BCUT2D eigenvalue weighted by atomic mass is 9.95. The number of methoxy groups -OCH3 is 1. The largest absolute Gasteiger partial charge is 0.383 e. The number of nitrogens with zero attached hydrogens (tertiary/aromatic N) is 4. The van der Waals surface area contributed by atoms with Gasteiger partial charge in [0.05, 0.1) is 18.0 Å². The molecule has 1 saturated heterocycles. The highest BCUT2D eigenvalue weighted by atomic mass is 32.1. The van der Waals surface area contributed by atoms with Gasteiger partial charge in [-0.15, -0.1) is 11.3 Å². The van der Waals surface area contributed by atoms with E-state index in [0.29, 0.717) is 32.8 Å². The highest BCUT2D eigenvalue weighted by molar-refractivity contribution is 7.12. The Morgan fingerprint density at radius 2 is 2.12 bits per heavy atom. The van der Waals surface area contributed by atoms with Crippen LogP contribution in [-0.2, 0) is 17.8 Å². The molecule has 1 fully saturated rings. The number of piperidine rings is 1. The number of amides is 1. The van der Waals surface area contributed by atoms with Gasteiger partial charge in [-0.3, -0.25) is 9.36 Å². The van der Waals surface area contributed by atoms with Gasteiger partial charge in [0.15, 0.2) is 0 Å². The van der Waals surface area contributed by atoms with Crippen molar-refractivity contribution in [2.24, 2.45) is 0 Å². The van der Waals surface area contributed by atoms with Crippen molar-refractivity contribution in [1.29, 1.82) is 0 Å². The summed E-state index contributed by atoms with van der Waals surface area (Å²) in [5, 5.41) is 6.57. The maximum atomic E-state index is 12.6. The summed E-state index contributed by atoms with van der Waals surface area (Å²) >= 11 is 1.50. The summed E-state index contributed by atoms with van der Waals surface area (Å²) in [4.78, 5) is 27.8. The van der Waals surface area contributed by atoms with Crippen LogP contribution in [0.5, 0.6) is 0 Å². The average Bonchev–Trinajstić information content (AvgIpc) is 3.22. The van der Waals surface area contributed by atoms with E-state index in [-0.39, 0.29) is 17.5 Å². The zero-order valence-corrected chi connectivity index (χ0v) is 16.4. The maximum Gasteiger partial charge on any atom is 0.345 e. The van der Waals surface area contributed by atoms with Crippen molar-refractivity contribution >= 4 is 17.2 Å². The second-order valence-electron chi connectivity index (χ2n) is 6.66. The van der Waals surface area contributed by atoms with Crippen LogP contribution in [0.25, 0.3) is 0 Å². The van der Waals surface area contributed by atoms with Gasteiger partial charge in [-0.1, -0.05) is 0 Å². The van der Waals surface area contributed by atoms with Crippen LogP contribution < -0.4 is 5.69 Å². The third kappa shape index (κ3) is 3.76. The Morgan fingerprint density at radius 1 is 1.38 bits per heavy atom. The number of hydrogen-bond acceptors (Lipinski definition) is 5. The van der Waals surface area contributed by atoms with Crippen LogP contribution in [0.2, 0.25) is 0 Å². The molecule has 0 aromatic carbocycles. The fourth-order valence-electron chi connectivity index (χ4n) is 3.42. The summed E-state index contributed by atoms with van der Waals surface area (Å²) in [7, 11) is 1.62. The van der Waals surface area contributed by atoms with Gasteiger partial charge in [-0.2, -0.15) is 5.10 Å². The maximum absolute atomic E-state index is 12.6. The van der Waals surface area contributed by atoms with Crippen molar-refractivity contribution in [1.82, 2.24) is 19.2 Å². The topological polar surface area (TPSA) is 69.4 Å². The number of thiophene rings is 1. The van der Waals surface area contributed by atoms with Gasteiger partial charge in [-0.05, 0) is 43.7 Å². The number of aromatic nitrogens is 3. The van der Waals surface area contributed by atoms with Crippen molar-refractivity contribution < 1.29 is 9.53 Å². The normalized spacial score (nSPS) is 15.6. The summed E-state index contributed by atoms with van der Waals surface area (Å²) in [5.74, 6) is 1.16. The smallest absolute Gasteiger partial charge is 0.345 e. The van der Waals surface area contributed by atoms with Gasteiger partial charge in [-0.25, -0.2) is 9.48 Å². The predicted octanol–water partition coefficient (Wildman–Crippen LogP) is 2.10. The standard InChI is InChI=1S/C18H26N4O3S/c1-4-21-16(19-22(18(21)24)9-10-25-3)14-5-7-20(8-6-14)17(23)15-11-13(2)12-26-15/h11-12,14H,4-10H2,1-3H3. The minimum Gasteiger partial charge on any atom is -0.383 e. The van der Waals surface area contributed by atoms with Gasteiger partial charge >= 0.3 is 5.69 Å². The molecule has 7 nitrogen and oxygen atoms in total. The summed E-state index contributed by atoms with van der Waals surface area (Å²) in [6, 6.07) is 1.95. The quantitative estimate of drug-likeness (QED) is 0.772. The monoisotopic (exact) mass is 378 g/mol. The molecule has 26 heavy (non-hydrogen) atoms. The lowest BCUT2D eigenvalue weighted by Crippen LogP contribution is -2.38. The molecule has 0 saturated carbocycles. The van der Waals surface area contributed by atoms with Crippen LogP contribution in [0.15, 0.2) is 16.2 Å². The lowest BCUT2D eigenvalue weighted by Gasteiger charge is -2.31. The summed E-state index contributed by atoms with van der Waals surface area (Å²) in [6.45, 7) is 6.90. The van der Waals surface area contributed by atoms with Gasteiger partial charge < -0.3 is 9.64 Å². The number of hydrogen-bond donors (Lipinski definition) is 0. The summed E-state index contributed by atoms with van der Waals surface area (Å²) < 4.78 is 8.31. The van der Waals surface area contributed by atoms with Gasteiger partial charge in [0.2, 0.25) is 0 Å². The van der Waals surface area contributed by atoms with Crippen LogP contribution in [0.4, 0.5) is 0 Å². The van der Waals surface area contributed by atoms with E-state index >= 15 is 0 Å². The molecule has 2 aromatic rings. The SMILES string of the molecule is CCn1c(C2CCN(C(=O)c3cc(C)cs3)CC2)nn(CCOC)c1=O. The third-order valence-electron chi connectivity index (χ3n) is 4.86. The van der Waals surface area contributed by atoms with Crippen LogP contribution >= 0.6 is 11.3 Å². The Kier molecular flexibility index (Phi) is 5.93. The second kappa shape index (κ2) is 8.18. The molecule has 0 N–H and O–H groups in total. The number of ether oxygens (including phenoxy) is 1. The van der Waals surface area contributed by atoms with Crippen LogP contribution in [0, 0.1) is 6.92 Å². The average molecular weight is 378 g/mol. The minimum absolute atomic E-state index is 0.0767. The van der Waals surface area contributed by atoms with Crippen LogP contribution in [-0.4, -0.2) is 52.0 Å².